The lowest BCUT2D eigenvalue weighted by Gasteiger charge is -2.10. The van der Waals surface area contributed by atoms with Gasteiger partial charge in [0.05, 0.1) is 13.3 Å². The van der Waals surface area contributed by atoms with Crippen LogP contribution in [0.15, 0.2) is 60.8 Å². The second-order valence-corrected chi connectivity index (χ2v) is 5.49. The molecule has 0 saturated carbocycles. The fourth-order valence-electron chi connectivity index (χ4n) is 2.46. The largest absolute Gasteiger partial charge is 0.496 e. The van der Waals surface area contributed by atoms with Gasteiger partial charge < -0.3 is 15.4 Å². The molecular weight excluding hydrogens is 314 g/mol. The van der Waals surface area contributed by atoms with Crippen molar-refractivity contribution in [1.82, 2.24) is 15.2 Å². The fraction of sp³-hybridized carbons (Fsp3) is 0.211. The van der Waals surface area contributed by atoms with Crippen LogP contribution in [0.4, 0.5) is 11.8 Å². The van der Waals surface area contributed by atoms with E-state index in [0.29, 0.717) is 18.3 Å². The number of methoxy groups -OCH3 is 1. The first-order valence-electron chi connectivity index (χ1n) is 8.18. The third-order valence-electron chi connectivity index (χ3n) is 3.75. The van der Waals surface area contributed by atoms with E-state index in [0.717, 1.165) is 24.3 Å². The molecule has 1 aromatic heterocycles. The molecular formula is C19H21N5O. The molecule has 0 radical (unpaired) electrons. The van der Waals surface area contributed by atoms with Gasteiger partial charge in [0.1, 0.15) is 5.75 Å². The number of rotatable bonds is 8. The highest BCUT2D eigenvalue weighted by molar-refractivity contribution is 5.41. The van der Waals surface area contributed by atoms with Gasteiger partial charge in [-0.25, -0.2) is 0 Å². The van der Waals surface area contributed by atoms with Gasteiger partial charge in [0.15, 0.2) is 5.82 Å². The van der Waals surface area contributed by atoms with Crippen molar-refractivity contribution >= 4 is 11.8 Å². The molecule has 6 heteroatoms. The Labute approximate surface area is 147 Å². The SMILES string of the molecule is COc1ccccc1CNc1cnnc(NCCc2ccccc2)n1. The molecule has 0 unspecified atom stereocenters. The minimum atomic E-state index is 0.515. The van der Waals surface area contributed by atoms with E-state index in [4.69, 9.17) is 4.74 Å². The summed E-state index contributed by atoms with van der Waals surface area (Å²) in [4.78, 5) is 4.44. The summed E-state index contributed by atoms with van der Waals surface area (Å²) in [6.07, 6.45) is 2.51. The predicted octanol–water partition coefficient (Wildman–Crippen LogP) is 3.15. The highest BCUT2D eigenvalue weighted by Gasteiger charge is 2.04. The number of hydrogen-bond donors (Lipinski definition) is 2. The van der Waals surface area contributed by atoms with E-state index in [1.54, 1.807) is 13.3 Å². The normalized spacial score (nSPS) is 10.3. The maximum absolute atomic E-state index is 5.35. The van der Waals surface area contributed by atoms with Crippen LogP contribution in [0.2, 0.25) is 0 Å². The number of hydrogen-bond acceptors (Lipinski definition) is 6. The monoisotopic (exact) mass is 335 g/mol. The summed E-state index contributed by atoms with van der Waals surface area (Å²) in [6, 6.07) is 18.2. The maximum atomic E-state index is 5.35. The third kappa shape index (κ3) is 4.91. The van der Waals surface area contributed by atoms with Crippen molar-refractivity contribution in [3.05, 3.63) is 71.9 Å². The molecule has 6 nitrogen and oxygen atoms in total. The quantitative estimate of drug-likeness (QED) is 0.659. The van der Waals surface area contributed by atoms with Crippen LogP contribution >= 0.6 is 0 Å². The second-order valence-electron chi connectivity index (χ2n) is 5.49. The van der Waals surface area contributed by atoms with Crippen LogP contribution in [0, 0.1) is 0 Å². The molecule has 3 aromatic rings. The Bertz CT molecular complexity index is 795. The molecule has 0 amide bonds. The van der Waals surface area contributed by atoms with E-state index in [-0.39, 0.29) is 0 Å². The summed E-state index contributed by atoms with van der Waals surface area (Å²) >= 11 is 0. The molecule has 0 atom stereocenters. The zero-order chi connectivity index (χ0) is 17.3. The number of ether oxygens (including phenoxy) is 1. The van der Waals surface area contributed by atoms with E-state index in [1.165, 1.54) is 5.56 Å². The lowest BCUT2D eigenvalue weighted by atomic mass is 10.1. The van der Waals surface area contributed by atoms with Crippen LogP contribution in [0.1, 0.15) is 11.1 Å². The van der Waals surface area contributed by atoms with Crippen molar-refractivity contribution in [3.63, 3.8) is 0 Å². The van der Waals surface area contributed by atoms with E-state index < -0.39 is 0 Å². The number of anilines is 2. The predicted molar refractivity (Wildman–Crippen MR) is 98.8 cm³/mol. The zero-order valence-electron chi connectivity index (χ0n) is 14.1. The van der Waals surface area contributed by atoms with E-state index >= 15 is 0 Å². The smallest absolute Gasteiger partial charge is 0.244 e. The van der Waals surface area contributed by atoms with Gasteiger partial charge in [0.25, 0.3) is 0 Å². The first kappa shape index (κ1) is 16.7. The van der Waals surface area contributed by atoms with Crippen LogP contribution in [0.25, 0.3) is 0 Å². The first-order valence-corrected chi connectivity index (χ1v) is 8.18. The zero-order valence-corrected chi connectivity index (χ0v) is 14.1. The van der Waals surface area contributed by atoms with Crippen LogP contribution < -0.4 is 15.4 Å². The molecule has 1 heterocycles. The molecule has 0 fully saturated rings. The second kappa shape index (κ2) is 8.63. The number of nitrogens with zero attached hydrogens (tertiary/aromatic N) is 3. The summed E-state index contributed by atoms with van der Waals surface area (Å²) in [5.41, 5.74) is 2.33. The molecule has 3 rings (SSSR count). The van der Waals surface area contributed by atoms with E-state index in [9.17, 15) is 0 Å². The molecule has 0 aliphatic rings. The Balaban J connectivity index is 1.54. The third-order valence-corrected chi connectivity index (χ3v) is 3.75. The van der Waals surface area contributed by atoms with Crippen molar-refractivity contribution in [1.29, 1.82) is 0 Å². The Morgan fingerprint density at radius 2 is 1.76 bits per heavy atom. The van der Waals surface area contributed by atoms with Crippen molar-refractivity contribution < 1.29 is 4.74 Å². The topological polar surface area (TPSA) is 72.0 Å². The fourth-order valence-corrected chi connectivity index (χ4v) is 2.46. The van der Waals surface area contributed by atoms with Gasteiger partial charge in [-0.05, 0) is 18.1 Å². The van der Waals surface area contributed by atoms with E-state index in [1.807, 2.05) is 42.5 Å². The van der Waals surface area contributed by atoms with Gasteiger partial charge in [-0.15, -0.1) is 5.10 Å². The molecule has 0 spiro atoms. The summed E-state index contributed by atoms with van der Waals surface area (Å²) < 4.78 is 5.35. The highest BCUT2D eigenvalue weighted by Crippen LogP contribution is 2.18. The van der Waals surface area contributed by atoms with Gasteiger partial charge in [-0.1, -0.05) is 48.5 Å². The van der Waals surface area contributed by atoms with Crippen LogP contribution in [0.3, 0.4) is 0 Å². The van der Waals surface area contributed by atoms with Crippen LogP contribution in [-0.4, -0.2) is 28.8 Å². The Kier molecular flexibility index (Phi) is 5.77. The lowest BCUT2D eigenvalue weighted by molar-refractivity contribution is 0.410. The Morgan fingerprint density at radius 3 is 2.60 bits per heavy atom. The Morgan fingerprint density at radius 1 is 0.960 bits per heavy atom. The van der Waals surface area contributed by atoms with Crippen molar-refractivity contribution in [3.8, 4) is 5.75 Å². The van der Waals surface area contributed by atoms with Crippen molar-refractivity contribution in [2.75, 3.05) is 24.3 Å². The van der Waals surface area contributed by atoms with Gasteiger partial charge in [0.2, 0.25) is 5.95 Å². The first-order chi connectivity index (χ1) is 12.3. The number of benzene rings is 2. The molecule has 2 N–H and O–H groups in total. The van der Waals surface area contributed by atoms with Crippen LogP contribution in [0.5, 0.6) is 5.75 Å². The molecule has 25 heavy (non-hydrogen) atoms. The number of para-hydroxylation sites is 1. The average Bonchev–Trinajstić information content (AvgIpc) is 2.68. The van der Waals surface area contributed by atoms with Gasteiger partial charge >= 0.3 is 0 Å². The summed E-state index contributed by atoms with van der Waals surface area (Å²) in [5.74, 6) is 2.03. The number of nitrogens with one attached hydrogen (secondary N) is 2. The standard InChI is InChI=1S/C19H21N5O/c1-25-17-10-6-5-9-16(17)13-21-18-14-22-24-19(23-18)20-12-11-15-7-3-2-4-8-15/h2-10,14H,11-13H2,1H3,(H2,20,21,23,24). The lowest BCUT2D eigenvalue weighted by Crippen LogP contribution is -2.10. The van der Waals surface area contributed by atoms with Gasteiger partial charge in [-0.3, -0.25) is 0 Å². The highest BCUT2D eigenvalue weighted by atomic mass is 16.5. The van der Waals surface area contributed by atoms with Gasteiger partial charge in [0, 0.05) is 18.7 Å². The summed E-state index contributed by atoms with van der Waals surface area (Å²) in [5, 5.41) is 14.5. The molecule has 0 bridgehead atoms. The minimum absolute atomic E-state index is 0.515. The summed E-state index contributed by atoms with van der Waals surface area (Å²) in [7, 11) is 1.67. The molecule has 0 aliphatic carbocycles. The van der Waals surface area contributed by atoms with Crippen LogP contribution in [-0.2, 0) is 13.0 Å². The van der Waals surface area contributed by atoms with Crippen molar-refractivity contribution in [2.45, 2.75) is 13.0 Å². The molecule has 0 saturated heterocycles. The minimum Gasteiger partial charge on any atom is -0.496 e. The number of aromatic nitrogens is 3. The molecule has 0 aliphatic heterocycles. The molecule has 128 valence electrons. The van der Waals surface area contributed by atoms with Crippen molar-refractivity contribution in [2.24, 2.45) is 0 Å². The molecule has 2 aromatic carbocycles. The van der Waals surface area contributed by atoms with Gasteiger partial charge in [-0.2, -0.15) is 10.1 Å². The van der Waals surface area contributed by atoms with E-state index in [2.05, 4.69) is 37.9 Å². The maximum Gasteiger partial charge on any atom is 0.244 e. The summed E-state index contributed by atoms with van der Waals surface area (Å²) in [6.45, 7) is 1.35. The Hall–Kier alpha value is -3.15. The average molecular weight is 335 g/mol.